The number of piperidine rings is 1. The van der Waals surface area contributed by atoms with Crippen molar-refractivity contribution in [2.24, 2.45) is 11.7 Å². The number of aromatic nitrogens is 2. The smallest absolute Gasteiger partial charge is 0.274 e. The predicted octanol–water partition coefficient (Wildman–Crippen LogP) is 1.83. The number of hydrogen-bond donors (Lipinski definition) is 1. The summed E-state index contributed by atoms with van der Waals surface area (Å²) in [5.41, 5.74) is 7.95. The lowest BCUT2D eigenvalue weighted by Crippen LogP contribution is -2.45. The number of hydrogen-bond acceptors (Lipinski definition) is 4. The van der Waals surface area contributed by atoms with E-state index in [9.17, 15) is 4.79 Å². The maximum Gasteiger partial charge on any atom is 0.274 e. The Balaban J connectivity index is 1.82. The van der Waals surface area contributed by atoms with E-state index < -0.39 is 0 Å². The molecule has 5 nitrogen and oxygen atoms in total. The number of amides is 1. The Kier molecular flexibility index (Phi) is 3.84. The molecular weight excluding hydrogens is 264 g/mol. The fourth-order valence-electron chi connectivity index (χ4n) is 2.85. The van der Waals surface area contributed by atoms with E-state index in [4.69, 9.17) is 5.73 Å². The van der Waals surface area contributed by atoms with E-state index in [1.165, 1.54) is 0 Å². The molecule has 0 spiro atoms. The highest BCUT2D eigenvalue weighted by Crippen LogP contribution is 2.20. The van der Waals surface area contributed by atoms with Gasteiger partial charge in [0, 0.05) is 19.1 Å². The third kappa shape index (κ3) is 2.88. The van der Waals surface area contributed by atoms with Crippen molar-refractivity contribution in [1.82, 2.24) is 14.9 Å². The second kappa shape index (κ2) is 5.77. The molecule has 2 heterocycles. The van der Waals surface area contributed by atoms with Crippen LogP contribution in [0.4, 0.5) is 0 Å². The van der Waals surface area contributed by atoms with Crippen LogP contribution in [0, 0.1) is 5.92 Å². The lowest BCUT2D eigenvalue weighted by Gasteiger charge is -2.34. The predicted molar refractivity (Wildman–Crippen MR) is 81.8 cm³/mol. The van der Waals surface area contributed by atoms with Gasteiger partial charge in [-0.3, -0.25) is 9.78 Å². The fraction of sp³-hybridized carbons (Fsp3) is 0.438. The van der Waals surface area contributed by atoms with Gasteiger partial charge in [0.1, 0.15) is 5.69 Å². The Morgan fingerprint density at radius 2 is 2.14 bits per heavy atom. The molecular formula is C16H20N4O. The van der Waals surface area contributed by atoms with Crippen molar-refractivity contribution in [2.75, 3.05) is 13.1 Å². The van der Waals surface area contributed by atoms with Gasteiger partial charge in [0.05, 0.1) is 17.2 Å². The molecule has 0 aliphatic carbocycles. The summed E-state index contributed by atoms with van der Waals surface area (Å²) in [6, 6.07) is 7.70. The van der Waals surface area contributed by atoms with Crippen LogP contribution in [0.2, 0.25) is 0 Å². The van der Waals surface area contributed by atoms with Crippen LogP contribution in [0.3, 0.4) is 0 Å². The van der Waals surface area contributed by atoms with Crippen molar-refractivity contribution in [3.8, 4) is 0 Å². The van der Waals surface area contributed by atoms with Crippen LogP contribution in [-0.4, -0.2) is 39.9 Å². The molecule has 1 amide bonds. The van der Waals surface area contributed by atoms with Gasteiger partial charge >= 0.3 is 0 Å². The highest BCUT2D eigenvalue weighted by atomic mass is 16.2. The zero-order valence-electron chi connectivity index (χ0n) is 12.2. The minimum absolute atomic E-state index is 0.0430. The average Bonchev–Trinajstić information content (AvgIpc) is 2.53. The Morgan fingerprint density at radius 3 is 2.90 bits per heavy atom. The summed E-state index contributed by atoms with van der Waals surface area (Å²) in [6.07, 6.45) is 3.66. The molecule has 0 radical (unpaired) electrons. The largest absolute Gasteiger partial charge is 0.337 e. The zero-order chi connectivity index (χ0) is 14.8. The Bertz CT molecular complexity index is 656. The lowest BCUT2D eigenvalue weighted by molar-refractivity contribution is 0.0655. The van der Waals surface area contributed by atoms with Crippen LogP contribution in [-0.2, 0) is 0 Å². The lowest BCUT2D eigenvalue weighted by atomic mass is 9.92. The average molecular weight is 284 g/mol. The number of para-hydroxylation sites is 2. The number of nitrogens with zero attached hydrogens (tertiary/aromatic N) is 3. The van der Waals surface area contributed by atoms with E-state index in [0.717, 1.165) is 30.4 Å². The van der Waals surface area contributed by atoms with E-state index in [1.807, 2.05) is 36.1 Å². The van der Waals surface area contributed by atoms with Crippen molar-refractivity contribution in [1.29, 1.82) is 0 Å². The summed E-state index contributed by atoms with van der Waals surface area (Å²) in [7, 11) is 0. The van der Waals surface area contributed by atoms with Gasteiger partial charge in [-0.2, -0.15) is 0 Å². The van der Waals surface area contributed by atoms with Crippen molar-refractivity contribution in [3.63, 3.8) is 0 Å². The molecule has 1 fully saturated rings. The Morgan fingerprint density at radius 1 is 1.38 bits per heavy atom. The van der Waals surface area contributed by atoms with Gasteiger partial charge in [0.15, 0.2) is 0 Å². The van der Waals surface area contributed by atoms with Gasteiger partial charge in [-0.1, -0.05) is 12.1 Å². The second-order valence-electron chi connectivity index (χ2n) is 5.76. The topological polar surface area (TPSA) is 72.1 Å². The second-order valence-corrected chi connectivity index (χ2v) is 5.76. The molecule has 1 aromatic heterocycles. The van der Waals surface area contributed by atoms with Crippen molar-refractivity contribution >= 4 is 16.9 Å². The SMILES string of the molecule is C[C@H](N)[C@H]1CCCN(C(=O)c2cnc3ccccc3n2)C1. The molecule has 3 rings (SSSR count). The van der Waals surface area contributed by atoms with Crippen LogP contribution in [0.1, 0.15) is 30.3 Å². The molecule has 5 heteroatoms. The first-order valence-corrected chi connectivity index (χ1v) is 7.42. The summed E-state index contributed by atoms with van der Waals surface area (Å²) in [4.78, 5) is 23.2. The Labute approximate surface area is 124 Å². The molecule has 21 heavy (non-hydrogen) atoms. The fourth-order valence-corrected chi connectivity index (χ4v) is 2.85. The molecule has 2 atom stereocenters. The maximum absolute atomic E-state index is 12.6. The first-order valence-electron chi connectivity index (χ1n) is 7.42. The summed E-state index contributed by atoms with van der Waals surface area (Å²) in [5.74, 6) is 0.328. The summed E-state index contributed by atoms with van der Waals surface area (Å²) in [6.45, 7) is 3.50. The summed E-state index contributed by atoms with van der Waals surface area (Å²) >= 11 is 0. The number of benzene rings is 1. The quantitative estimate of drug-likeness (QED) is 0.913. The molecule has 1 aromatic carbocycles. The maximum atomic E-state index is 12.6. The first-order chi connectivity index (χ1) is 10.1. The number of nitrogens with two attached hydrogens (primary N) is 1. The minimum atomic E-state index is -0.0430. The van der Waals surface area contributed by atoms with E-state index in [0.29, 0.717) is 18.2 Å². The van der Waals surface area contributed by atoms with E-state index in [2.05, 4.69) is 9.97 Å². The minimum Gasteiger partial charge on any atom is -0.337 e. The van der Waals surface area contributed by atoms with Crippen molar-refractivity contribution in [3.05, 3.63) is 36.2 Å². The standard InChI is InChI=1S/C16H20N4O/c1-11(17)12-5-4-8-20(10-12)16(21)15-9-18-13-6-2-3-7-14(13)19-15/h2-3,6-7,9,11-12H,4-5,8,10,17H2,1H3/t11-,12-/m0/s1. The molecule has 110 valence electrons. The molecule has 2 N–H and O–H groups in total. The molecule has 0 unspecified atom stereocenters. The third-order valence-electron chi connectivity index (χ3n) is 4.16. The number of likely N-dealkylation sites (tertiary alicyclic amines) is 1. The van der Waals surface area contributed by atoms with Gasteiger partial charge in [-0.15, -0.1) is 0 Å². The van der Waals surface area contributed by atoms with Crippen LogP contribution in [0.25, 0.3) is 11.0 Å². The van der Waals surface area contributed by atoms with Gasteiger partial charge in [0.25, 0.3) is 5.91 Å². The van der Waals surface area contributed by atoms with Crippen LogP contribution >= 0.6 is 0 Å². The molecule has 0 saturated carbocycles. The number of rotatable bonds is 2. The van der Waals surface area contributed by atoms with E-state index in [-0.39, 0.29) is 11.9 Å². The van der Waals surface area contributed by atoms with Crippen LogP contribution in [0.15, 0.2) is 30.5 Å². The van der Waals surface area contributed by atoms with E-state index in [1.54, 1.807) is 6.20 Å². The Hall–Kier alpha value is -2.01. The van der Waals surface area contributed by atoms with Crippen LogP contribution < -0.4 is 5.73 Å². The zero-order valence-corrected chi connectivity index (χ0v) is 12.2. The molecule has 1 saturated heterocycles. The van der Waals surface area contributed by atoms with Gasteiger partial charge < -0.3 is 10.6 Å². The molecule has 0 bridgehead atoms. The van der Waals surface area contributed by atoms with Crippen molar-refractivity contribution in [2.45, 2.75) is 25.8 Å². The summed E-state index contributed by atoms with van der Waals surface area (Å²) < 4.78 is 0. The number of carbonyl (C=O) groups excluding carboxylic acids is 1. The summed E-state index contributed by atoms with van der Waals surface area (Å²) in [5, 5.41) is 0. The first kappa shape index (κ1) is 13.9. The number of carbonyl (C=O) groups is 1. The van der Waals surface area contributed by atoms with E-state index >= 15 is 0 Å². The number of fused-ring (bicyclic) bond motifs is 1. The molecule has 1 aliphatic rings. The molecule has 1 aliphatic heterocycles. The molecule has 2 aromatic rings. The van der Waals surface area contributed by atoms with Gasteiger partial charge in [-0.05, 0) is 37.8 Å². The van der Waals surface area contributed by atoms with Crippen molar-refractivity contribution < 1.29 is 4.79 Å². The van der Waals surface area contributed by atoms with Gasteiger partial charge in [0.2, 0.25) is 0 Å². The monoisotopic (exact) mass is 284 g/mol. The van der Waals surface area contributed by atoms with Crippen LogP contribution in [0.5, 0.6) is 0 Å². The highest BCUT2D eigenvalue weighted by Gasteiger charge is 2.27. The third-order valence-corrected chi connectivity index (χ3v) is 4.16. The normalized spacial score (nSPS) is 20.5. The van der Waals surface area contributed by atoms with Gasteiger partial charge in [-0.25, -0.2) is 4.98 Å². The highest BCUT2D eigenvalue weighted by molar-refractivity contribution is 5.93.